The molecule has 55 heavy (non-hydrogen) atoms. The Morgan fingerprint density at radius 1 is 0.673 bits per heavy atom. The van der Waals surface area contributed by atoms with Gasteiger partial charge in [-0.15, -0.1) is 4.40 Å². The molecule has 1 unspecified atom stereocenters. The molecule has 284 valence electrons. The van der Waals surface area contributed by atoms with Crippen LogP contribution in [0.4, 0.5) is 0 Å². The van der Waals surface area contributed by atoms with Crippen molar-refractivity contribution >= 4 is 54.9 Å². The van der Waals surface area contributed by atoms with Gasteiger partial charge in [0.2, 0.25) is 0 Å². The third kappa shape index (κ3) is 7.60. The molecule has 0 fully saturated rings. The number of hydrogen-bond donors (Lipinski definition) is 0. The lowest BCUT2D eigenvalue weighted by atomic mass is 9.73. The average molecular weight is 783 g/mol. The van der Waals surface area contributed by atoms with Gasteiger partial charge < -0.3 is 14.2 Å². The molecular formula is C41H38N2O10S2. The summed E-state index contributed by atoms with van der Waals surface area (Å²) < 4.78 is 78.6. The predicted molar refractivity (Wildman–Crippen MR) is 205 cm³/mol. The van der Waals surface area contributed by atoms with Gasteiger partial charge in [0.1, 0.15) is 5.92 Å². The maximum Gasteiger partial charge on any atom is 0.337 e. The molecule has 4 aromatic rings. The number of allylic oxidation sites excluding steroid dienone is 1. The van der Waals surface area contributed by atoms with Crippen molar-refractivity contribution in [2.45, 2.75) is 37.0 Å². The third-order valence-electron chi connectivity index (χ3n) is 9.45. The standard InChI is InChI=1S/C41H38N2O10S2/c1-6-53-41(46)37-36(28-13-17-30(18-14-28)40(45)52-5)34-23-33(27-11-15-29(16-12-27)39(44)51-4)35(34)24-43(55(49,50)32-21-9-26(3)10-22-32)38(37)42-54(47,48)31-19-7-25(2)8-20-31/h7-22,37H,6,23-24H2,1-5H3/b42-38+. The fourth-order valence-electron chi connectivity index (χ4n) is 6.51. The van der Waals surface area contributed by atoms with Crippen molar-refractivity contribution in [1.29, 1.82) is 0 Å². The number of amidine groups is 1. The molecule has 14 heteroatoms. The SMILES string of the molecule is CCOC(=O)C1C(c2ccc(C(=O)OC)cc2)=C2CC(c3ccc(C(=O)OC)cc3)=C2CN(S(=O)(=O)c2ccc(C)cc2)/C1=N/S(=O)(=O)c1ccc(C)cc1. The molecule has 0 amide bonds. The summed E-state index contributed by atoms with van der Waals surface area (Å²) >= 11 is 0. The van der Waals surface area contributed by atoms with E-state index in [1.54, 1.807) is 81.4 Å². The molecule has 1 aliphatic heterocycles. The second kappa shape index (κ2) is 15.5. The Balaban J connectivity index is 1.69. The number of nitrogens with zero attached hydrogens (tertiary/aromatic N) is 2. The number of hydrogen-bond acceptors (Lipinski definition) is 10. The fraction of sp³-hybridized carbons (Fsp3) is 0.220. The summed E-state index contributed by atoms with van der Waals surface area (Å²) in [6.45, 7) is 4.65. The molecule has 4 aromatic carbocycles. The van der Waals surface area contributed by atoms with Crippen molar-refractivity contribution in [1.82, 2.24) is 4.31 Å². The molecule has 0 radical (unpaired) electrons. The summed E-state index contributed by atoms with van der Waals surface area (Å²) in [5, 5.41) is 0. The van der Waals surface area contributed by atoms with Crippen molar-refractivity contribution in [2.24, 2.45) is 10.3 Å². The van der Waals surface area contributed by atoms with E-state index < -0.39 is 56.3 Å². The van der Waals surface area contributed by atoms with E-state index in [9.17, 15) is 31.2 Å². The van der Waals surface area contributed by atoms with Crippen LogP contribution in [-0.4, -0.2) is 72.3 Å². The van der Waals surface area contributed by atoms with Crippen LogP contribution in [0.25, 0.3) is 11.1 Å². The van der Waals surface area contributed by atoms with E-state index in [-0.39, 0.29) is 34.0 Å². The number of ether oxygens (including phenoxy) is 3. The molecule has 0 bridgehead atoms. The van der Waals surface area contributed by atoms with Gasteiger partial charge in [-0.05, 0) is 109 Å². The highest BCUT2D eigenvalue weighted by atomic mass is 32.2. The minimum Gasteiger partial charge on any atom is -0.465 e. The van der Waals surface area contributed by atoms with Crippen molar-refractivity contribution < 1.29 is 45.4 Å². The first-order chi connectivity index (χ1) is 26.2. The fourth-order valence-corrected chi connectivity index (χ4v) is 9.02. The summed E-state index contributed by atoms with van der Waals surface area (Å²) in [7, 11) is -6.75. The maximum atomic E-state index is 14.9. The van der Waals surface area contributed by atoms with Gasteiger partial charge in [0, 0.05) is 0 Å². The van der Waals surface area contributed by atoms with E-state index in [2.05, 4.69) is 4.40 Å². The second-order valence-corrected chi connectivity index (χ2v) is 16.4. The molecule has 1 heterocycles. The number of fused-ring (bicyclic) bond motifs is 1. The average Bonchev–Trinajstić information content (AvgIpc) is 3.27. The second-order valence-electron chi connectivity index (χ2n) is 12.9. The van der Waals surface area contributed by atoms with E-state index in [1.165, 1.54) is 50.6 Å². The highest BCUT2D eigenvalue weighted by Crippen LogP contribution is 2.50. The van der Waals surface area contributed by atoms with Crippen molar-refractivity contribution in [3.63, 3.8) is 0 Å². The van der Waals surface area contributed by atoms with Gasteiger partial charge in [-0.1, -0.05) is 59.7 Å². The molecule has 0 spiro atoms. The van der Waals surface area contributed by atoms with Crippen LogP contribution in [0.2, 0.25) is 0 Å². The Bertz CT molecular complexity index is 2490. The van der Waals surface area contributed by atoms with Crippen molar-refractivity contribution in [2.75, 3.05) is 27.4 Å². The van der Waals surface area contributed by atoms with Crippen LogP contribution in [-0.2, 0) is 39.1 Å². The Morgan fingerprint density at radius 2 is 1.16 bits per heavy atom. The van der Waals surface area contributed by atoms with Crippen molar-refractivity contribution in [3.05, 3.63) is 142 Å². The molecule has 0 N–H and O–H groups in total. The zero-order valence-electron chi connectivity index (χ0n) is 30.7. The summed E-state index contributed by atoms with van der Waals surface area (Å²) in [6, 6.07) is 24.7. The number of carbonyl (C=O) groups is 3. The lowest BCUT2D eigenvalue weighted by molar-refractivity contribution is -0.144. The summed E-state index contributed by atoms with van der Waals surface area (Å²) in [6.07, 6.45) is 0.229. The Hall–Kier alpha value is -5.86. The van der Waals surface area contributed by atoms with Crippen LogP contribution in [0.1, 0.15) is 56.3 Å². The largest absolute Gasteiger partial charge is 0.465 e. The first-order valence-corrected chi connectivity index (χ1v) is 20.1. The Morgan fingerprint density at radius 3 is 1.65 bits per heavy atom. The van der Waals surface area contributed by atoms with Gasteiger partial charge in [0.05, 0.1) is 48.3 Å². The third-order valence-corrected chi connectivity index (χ3v) is 12.5. The van der Waals surface area contributed by atoms with Gasteiger partial charge in [-0.25, -0.2) is 22.3 Å². The normalized spacial score (nSPS) is 16.6. The first kappa shape index (κ1) is 38.9. The predicted octanol–water partition coefficient (Wildman–Crippen LogP) is 6.16. The molecule has 0 saturated carbocycles. The molecule has 12 nitrogen and oxygen atoms in total. The Kier molecular flexibility index (Phi) is 10.9. The van der Waals surface area contributed by atoms with Gasteiger partial charge in [0.15, 0.2) is 5.84 Å². The minimum absolute atomic E-state index is 0.109. The number of aryl methyl sites for hydroxylation is 2. The van der Waals surface area contributed by atoms with E-state index >= 15 is 0 Å². The van der Waals surface area contributed by atoms with E-state index in [1.807, 2.05) is 0 Å². The van der Waals surface area contributed by atoms with Gasteiger partial charge in [-0.2, -0.15) is 8.42 Å². The molecule has 1 aliphatic carbocycles. The van der Waals surface area contributed by atoms with Gasteiger partial charge in [0.25, 0.3) is 20.0 Å². The van der Waals surface area contributed by atoms with Crippen LogP contribution in [0.15, 0.2) is 122 Å². The molecule has 2 aliphatic rings. The van der Waals surface area contributed by atoms with E-state index in [4.69, 9.17) is 14.2 Å². The Labute approximate surface area is 319 Å². The smallest absolute Gasteiger partial charge is 0.337 e. The maximum absolute atomic E-state index is 14.9. The molecular weight excluding hydrogens is 745 g/mol. The highest BCUT2D eigenvalue weighted by Gasteiger charge is 2.47. The number of methoxy groups -OCH3 is 2. The quantitative estimate of drug-likeness (QED) is 0.135. The summed E-state index contributed by atoms with van der Waals surface area (Å²) in [4.78, 5) is 38.6. The highest BCUT2D eigenvalue weighted by molar-refractivity contribution is 7.91. The summed E-state index contributed by atoms with van der Waals surface area (Å²) in [5.74, 6) is -4.31. The topological polar surface area (TPSA) is 163 Å². The van der Waals surface area contributed by atoms with Crippen LogP contribution in [0.5, 0.6) is 0 Å². The van der Waals surface area contributed by atoms with Gasteiger partial charge in [-0.3, -0.25) is 4.79 Å². The lowest BCUT2D eigenvalue weighted by Gasteiger charge is -2.31. The molecule has 0 aromatic heterocycles. The monoisotopic (exact) mass is 782 g/mol. The zero-order chi connectivity index (χ0) is 39.7. The lowest BCUT2D eigenvalue weighted by Crippen LogP contribution is -2.44. The molecule has 1 atom stereocenters. The van der Waals surface area contributed by atoms with Crippen LogP contribution >= 0.6 is 0 Å². The van der Waals surface area contributed by atoms with Crippen LogP contribution in [0.3, 0.4) is 0 Å². The first-order valence-electron chi connectivity index (χ1n) is 17.2. The molecule has 0 saturated heterocycles. The van der Waals surface area contributed by atoms with E-state index in [0.717, 1.165) is 15.4 Å². The summed E-state index contributed by atoms with van der Waals surface area (Å²) in [5.41, 5.74) is 5.19. The number of rotatable bonds is 10. The number of sulfonamides is 2. The number of esters is 3. The number of benzene rings is 4. The molecule has 6 rings (SSSR count). The van der Waals surface area contributed by atoms with Crippen LogP contribution < -0.4 is 0 Å². The van der Waals surface area contributed by atoms with Crippen molar-refractivity contribution in [3.8, 4) is 0 Å². The van der Waals surface area contributed by atoms with E-state index in [0.29, 0.717) is 33.4 Å². The van der Waals surface area contributed by atoms with Gasteiger partial charge >= 0.3 is 17.9 Å². The minimum atomic E-state index is -4.65. The number of carbonyl (C=O) groups excluding carboxylic acids is 3. The zero-order valence-corrected chi connectivity index (χ0v) is 32.4. The van der Waals surface area contributed by atoms with Crippen LogP contribution in [0, 0.1) is 19.8 Å².